The zero-order valence-electron chi connectivity index (χ0n) is 14.0. The molecule has 0 aromatic carbocycles. The number of rotatable bonds is 11. The number of aliphatic hydroxyl groups excluding tert-OH is 1. The highest BCUT2D eigenvalue weighted by Crippen LogP contribution is 2.44. The second-order valence-electron chi connectivity index (χ2n) is 6.99. The van der Waals surface area contributed by atoms with Gasteiger partial charge in [0.1, 0.15) is 12.4 Å². The Morgan fingerprint density at radius 2 is 1.91 bits per heavy atom. The first-order valence-electron chi connectivity index (χ1n) is 8.72. The Hall–Kier alpha value is -0.410. The Kier molecular flexibility index (Phi) is 9.27. The van der Waals surface area contributed by atoms with Crippen LogP contribution in [0.4, 0.5) is 0 Å². The molecule has 3 nitrogen and oxygen atoms in total. The van der Waals surface area contributed by atoms with Gasteiger partial charge in [0.2, 0.25) is 0 Å². The molecule has 1 aliphatic rings. The van der Waals surface area contributed by atoms with E-state index in [0.29, 0.717) is 42.8 Å². The van der Waals surface area contributed by atoms with Crippen LogP contribution in [-0.4, -0.2) is 29.2 Å². The van der Waals surface area contributed by atoms with Crippen LogP contribution in [0.2, 0.25) is 0 Å². The Balaban J connectivity index is 2.52. The lowest BCUT2D eigenvalue weighted by molar-refractivity contribution is -0.123. The smallest absolute Gasteiger partial charge is 0.158 e. The van der Waals surface area contributed by atoms with E-state index in [4.69, 9.17) is 16.7 Å². The fourth-order valence-electron chi connectivity index (χ4n) is 4.00. The predicted octanol–water partition coefficient (Wildman–Crippen LogP) is 3.99. The van der Waals surface area contributed by atoms with Gasteiger partial charge in [-0.15, -0.1) is 11.6 Å². The van der Waals surface area contributed by atoms with Gasteiger partial charge in [0, 0.05) is 24.6 Å². The van der Waals surface area contributed by atoms with Gasteiger partial charge in [0.05, 0.1) is 0 Å². The third-order valence-corrected chi connectivity index (χ3v) is 5.29. The second kappa shape index (κ2) is 10.4. The highest BCUT2D eigenvalue weighted by atomic mass is 35.5. The first kappa shape index (κ1) is 19.6. The van der Waals surface area contributed by atoms with Crippen molar-refractivity contribution in [2.45, 2.75) is 65.2 Å². The minimum absolute atomic E-state index is 0.0170. The molecule has 0 saturated heterocycles. The van der Waals surface area contributed by atoms with Gasteiger partial charge in [-0.1, -0.05) is 33.1 Å². The molecule has 1 rings (SSSR count). The van der Waals surface area contributed by atoms with Crippen molar-refractivity contribution in [3.05, 3.63) is 0 Å². The molecule has 1 aliphatic carbocycles. The van der Waals surface area contributed by atoms with Gasteiger partial charge in [-0.05, 0) is 37.0 Å². The van der Waals surface area contributed by atoms with E-state index in [9.17, 15) is 9.59 Å². The largest absolute Gasteiger partial charge is 0.389 e. The van der Waals surface area contributed by atoms with E-state index < -0.39 is 6.61 Å². The Labute approximate surface area is 139 Å². The van der Waals surface area contributed by atoms with E-state index in [2.05, 4.69) is 13.8 Å². The van der Waals surface area contributed by atoms with Crippen molar-refractivity contribution < 1.29 is 14.7 Å². The molecule has 1 N–H and O–H groups in total. The maximum atomic E-state index is 12.3. The van der Waals surface area contributed by atoms with Crippen molar-refractivity contribution in [1.82, 2.24) is 0 Å². The summed E-state index contributed by atoms with van der Waals surface area (Å²) in [4.78, 5) is 23.7. The molecular formula is C18H31ClO3. The molecule has 4 heteroatoms. The third kappa shape index (κ3) is 6.00. The Bertz CT molecular complexity index is 354. The molecule has 0 aromatic heterocycles. The number of alkyl halides is 1. The van der Waals surface area contributed by atoms with Crippen molar-refractivity contribution in [3.63, 3.8) is 0 Å². The van der Waals surface area contributed by atoms with Crippen molar-refractivity contribution >= 4 is 23.2 Å². The summed E-state index contributed by atoms with van der Waals surface area (Å²) >= 11 is 5.69. The topological polar surface area (TPSA) is 54.4 Å². The van der Waals surface area contributed by atoms with Crippen molar-refractivity contribution in [2.75, 3.05) is 12.5 Å². The monoisotopic (exact) mass is 330 g/mol. The fourth-order valence-corrected chi connectivity index (χ4v) is 4.19. The van der Waals surface area contributed by atoms with E-state index in [1.54, 1.807) is 0 Å². The van der Waals surface area contributed by atoms with Gasteiger partial charge in [-0.2, -0.15) is 0 Å². The standard InChI is InChI=1S/C18H31ClO3/c1-13(2)18-14(7-5-3-4-6-10-19)11-17(22)16(18)9-8-15(21)12-20/h13-14,16,18,20H,3-12H2,1-2H3/t14-,16+,18+/m0/s1. The van der Waals surface area contributed by atoms with Gasteiger partial charge < -0.3 is 5.11 Å². The van der Waals surface area contributed by atoms with E-state index in [1.807, 2.05) is 0 Å². The summed E-state index contributed by atoms with van der Waals surface area (Å²) in [6, 6.07) is 0. The lowest BCUT2D eigenvalue weighted by Gasteiger charge is -2.27. The van der Waals surface area contributed by atoms with Crippen LogP contribution in [0.5, 0.6) is 0 Å². The average molecular weight is 331 g/mol. The van der Waals surface area contributed by atoms with Crippen LogP contribution in [0.25, 0.3) is 0 Å². The molecule has 0 radical (unpaired) electrons. The Morgan fingerprint density at radius 1 is 1.23 bits per heavy atom. The molecule has 0 aliphatic heterocycles. The molecular weight excluding hydrogens is 300 g/mol. The van der Waals surface area contributed by atoms with Crippen LogP contribution < -0.4 is 0 Å². The minimum Gasteiger partial charge on any atom is -0.389 e. The van der Waals surface area contributed by atoms with Gasteiger partial charge in [-0.25, -0.2) is 0 Å². The third-order valence-electron chi connectivity index (χ3n) is 5.02. The highest BCUT2D eigenvalue weighted by molar-refractivity contribution is 6.17. The quantitative estimate of drug-likeness (QED) is 0.460. The van der Waals surface area contributed by atoms with Crippen LogP contribution in [-0.2, 0) is 9.59 Å². The predicted molar refractivity (Wildman–Crippen MR) is 90.1 cm³/mol. The summed E-state index contributed by atoms with van der Waals surface area (Å²) < 4.78 is 0. The lowest BCUT2D eigenvalue weighted by Crippen LogP contribution is -2.24. The molecule has 22 heavy (non-hydrogen) atoms. The van der Waals surface area contributed by atoms with Crippen LogP contribution in [0.1, 0.15) is 65.2 Å². The van der Waals surface area contributed by atoms with Crippen LogP contribution in [0.3, 0.4) is 0 Å². The van der Waals surface area contributed by atoms with Gasteiger partial charge in [0.15, 0.2) is 5.78 Å². The number of carbonyl (C=O) groups excluding carboxylic acids is 2. The maximum absolute atomic E-state index is 12.3. The average Bonchev–Trinajstić information content (AvgIpc) is 2.80. The molecule has 0 amide bonds. The normalized spacial score (nSPS) is 25.1. The van der Waals surface area contributed by atoms with Crippen molar-refractivity contribution in [2.24, 2.45) is 23.7 Å². The number of unbranched alkanes of at least 4 members (excludes halogenated alkanes) is 3. The minimum atomic E-state index is -0.406. The summed E-state index contributed by atoms with van der Waals surface area (Å²) in [6.07, 6.45) is 7.34. The van der Waals surface area contributed by atoms with E-state index in [-0.39, 0.29) is 11.7 Å². The molecule has 1 saturated carbocycles. The highest BCUT2D eigenvalue weighted by Gasteiger charge is 2.42. The summed E-state index contributed by atoms with van der Waals surface area (Å²) in [5.74, 6) is 2.26. The fraction of sp³-hybridized carbons (Fsp3) is 0.889. The maximum Gasteiger partial charge on any atom is 0.158 e. The number of Topliss-reactive ketones (excluding diaryl/α,β-unsaturated/α-hetero) is 2. The number of aliphatic hydroxyl groups is 1. The number of ketones is 2. The van der Waals surface area contributed by atoms with Crippen LogP contribution in [0, 0.1) is 23.7 Å². The van der Waals surface area contributed by atoms with Crippen molar-refractivity contribution in [1.29, 1.82) is 0 Å². The second-order valence-corrected chi connectivity index (χ2v) is 7.36. The van der Waals surface area contributed by atoms with E-state index in [0.717, 1.165) is 18.7 Å². The molecule has 3 atom stereocenters. The number of hydrogen-bond acceptors (Lipinski definition) is 3. The van der Waals surface area contributed by atoms with Crippen LogP contribution in [0.15, 0.2) is 0 Å². The van der Waals surface area contributed by atoms with Gasteiger partial charge in [-0.3, -0.25) is 9.59 Å². The Morgan fingerprint density at radius 3 is 2.50 bits per heavy atom. The summed E-state index contributed by atoms with van der Waals surface area (Å²) in [5.41, 5.74) is 0. The zero-order valence-corrected chi connectivity index (χ0v) is 14.8. The first-order valence-corrected chi connectivity index (χ1v) is 9.26. The summed E-state index contributed by atoms with van der Waals surface area (Å²) in [5, 5.41) is 8.84. The van der Waals surface area contributed by atoms with Gasteiger partial charge >= 0.3 is 0 Å². The first-order chi connectivity index (χ1) is 10.5. The SMILES string of the molecule is CC(C)[C@@H]1[C@@H](CCCCCCCl)CC(=O)[C@H]1CCC(=O)CO. The molecule has 0 bridgehead atoms. The van der Waals surface area contributed by atoms with Crippen LogP contribution >= 0.6 is 11.6 Å². The number of halogens is 1. The molecule has 0 unspecified atom stereocenters. The molecule has 128 valence electrons. The molecule has 0 aromatic rings. The number of hydrogen-bond donors (Lipinski definition) is 1. The van der Waals surface area contributed by atoms with Gasteiger partial charge in [0.25, 0.3) is 0 Å². The molecule has 1 fully saturated rings. The summed E-state index contributed by atoms with van der Waals surface area (Å²) in [7, 11) is 0. The van der Waals surface area contributed by atoms with E-state index >= 15 is 0 Å². The molecule has 0 heterocycles. The lowest BCUT2D eigenvalue weighted by atomic mass is 9.77. The number of carbonyl (C=O) groups is 2. The molecule has 0 spiro atoms. The zero-order chi connectivity index (χ0) is 16.5. The van der Waals surface area contributed by atoms with E-state index in [1.165, 1.54) is 19.3 Å². The summed E-state index contributed by atoms with van der Waals surface area (Å²) in [6.45, 7) is 3.96. The van der Waals surface area contributed by atoms with Crippen molar-refractivity contribution in [3.8, 4) is 0 Å².